The molecule has 3 unspecified atom stereocenters. The van der Waals surface area contributed by atoms with Crippen molar-refractivity contribution in [2.24, 2.45) is 0 Å². The molecule has 2 rings (SSSR count). The maximum Gasteiger partial charge on any atom is 0.0992 e. The second kappa shape index (κ2) is 6.78. The Bertz CT molecular complexity index is 380. The molecule has 0 heterocycles. The van der Waals surface area contributed by atoms with Gasteiger partial charge in [-0.1, -0.05) is 37.3 Å². The minimum absolute atomic E-state index is 0.569. The summed E-state index contributed by atoms with van der Waals surface area (Å²) >= 11 is 2.07. The van der Waals surface area contributed by atoms with Gasteiger partial charge in [-0.3, -0.25) is 0 Å². The molecule has 1 aliphatic carbocycles. The zero-order valence-corrected chi connectivity index (χ0v) is 12.7. The van der Waals surface area contributed by atoms with Crippen LogP contribution in [-0.4, -0.2) is 28.7 Å². The highest BCUT2D eigenvalue weighted by molar-refractivity contribution is 7.99. The topological polar surface area (TPSA) is 32.3 Å². The maximum atomic E-state index is 10.5. The Morgan fingerprint density at radius 2 is 2.05 bits per heavy atom. The minimum Gasteiger partial charge on any atom is -0.384 e. The average Bonchev–Trinajstić information content (AvgIpc) is 2.86. The number of rotatable bonds is 6. The van der Waals surface area contributed by atoms with Crippen LogP contribution in [0.2, 0.25) is 0 Å². The Morgan fingerprint density at radius 3 is 2.74 bits per heavy atom. The lowest BCUT2D eigenvalue weighted by atomic mass is 9.96. The molecule has 1 saturated carbocycles. The van der Waals surface area contributed by atoms with Gasteiger partial charge in [-0.25, -0.2) is 0 Å². The van der Waals surface area contributed by atoms with Crippen molar-refractivity contribution in [3.05, 3.63) is 35.9 Å². The number of hydrogen-bond acceptors (Lipinski definition) is 3. The van der Waals surface area contributed by atoms with Gasteiger partial charge < -0.3 is 10.4 Å². The van der Waals surface area contributed by atoms with E-state index in [1.807, 2.05) is 37.3 Å². The van der Waals surface area contributed by atoms with Crippen molar-refractivity contribution in [1.82, 2.24) is 5.32 Å². The number of benzene rings is 1. The van der Waals surface area contributed by atoms with Gasteiger partial charge in [0.05, 0.1) is 5.60 Å². The molecule has 2 nitrogen and oxygen atoms in total. The van der Waals surface area contributed by atoms with Crippen LogP contribution in [0.25, 0.3) is 0 Å². The van der Waals surface area contributed by atoms with Crippen molar-refractivity contribution < 1.29 is 5.11 Å². The highest BCUT2D eigenvalue weighted by Crippen LogP contribution is 2.30. The molecule has 0 radical (unpaired) electrons. The van der Waals surface area contributed by atoms with E-state index in [-0.39, 0.29) is 0 Å². The summed E-state index contributed by atoms with van der Waals surface area (Å²) in [6.07, 6.45) is 3.79. The fourth-order valence-electron chi connectivity index (χ4n) is 2.75. The van der Waals surface area contributed by atoms with E-state index in [0.29, 0.717) is 12.6 Å². The number of aliphatic hydroxyl groups is 1. The Hall–Kier alpha value is -0.510. The Labute approximate surface area is 121 Å². The van der Waals surface area contributed by atoms with Crippen LogP contribution < -0.4 is 5.32 Å². The van der Waals surface area contributed by atoms with Crippen molar-refractivity contribution in [3.8, 4) is 0 Å². The third kappa shape index (κ3) is 4.23. The summed E-state index contributed by atoms with van der Waals surface area (Å²) in [4.78, 5) is 0. The van der Waals surface area contributed by atoms with Crippen molar-refractivity contribution in [2.75, 3.05) is 12.3 Å². The molecule has 0 aromatic heterocycles. The monoisotopic (exact) mass is 279 g/mol. The fourth-order valence-corrected chi connectivity index (χ4v) is 3.90. The Morgan fingerprint density at radius 1 is 1.32 bits per heavy atom. The summed E-state index contributed by atoms with van der Waals surface area (Å²) in [6, 6.07) is 10.5. The third-order valence-electron chi connectivity index (χ3n) is 3.92. The van der Waals surface area contributed by atoms with E-state index in [9.17, 15) is 5.11 Å². The summed E-state index contributed by atoms with van der Waals surface area (Å²) < 4.78 is 0. The standard InChI is InChI=1S/C16H25NOS/c1-3-19-15-10-9-14(11-15)17-12-16(2,18)13-7-5-4-6-8-13/h4-8,14-15,17-18H,3,9-12H2,1-2H3. The highest BCUT2D eigenvalue weighted by Gasteiger charge is 2.28. The van der Waals surface area contributed by atoms with Gasteiger partial charge in [0.25, 0.3) is 0 Å². The molecule has 1 aromatic carbocycles. The van der Waals surface area contributed by atoms with Crippen LogP contribution in [0.3, 0.4) is 0 Å². The van der Waals surface area contributed by atoms with Crippen molar-refractivity contribution in [3.63, 3.8) is 0 Å². The lowest BCUT2D eigenvalue weighted by Crippen LogP contribution is -2.40. The summed E-state index contributed by atoms with van der Waals surface area (Å²) in [6.45, 7) is 4.75. The molecule has 106 valence electrons. The van der Waals surface area contributed by atoms with Gasteiger partial charge in [0.1, 0.15) is 0 Å². The second-order valence-electron chi connectivity index (χ2n) is 5.61. The molecular weight excluding hydrogens is 254 g/mol. The van der Waals surface area contributed by atoms with Gasteiger partial charge >= 0.3 is 0 Å². The van der Waals surface area contributed by atoms with Gasteiger partial charge in [-0.2, -0.15) is 11.8 Å². The van der Waals surface area contributed by atoms with Gasteiger partial charge in [0.2, 0.25) is 0 Å². The van der Waals surface area contributed by atoms with Gasteiger partial charge in [0, 0.05) is 17.8 Å². The highest BCUT2D eigenvalue weighted by atomic mass is 32.2. The predicted octanol–water partition coefficient (Wildman–Crippen LogP) is 3.16. The predicted molar refractivity (Wildman–Crippen MR) is 83.6 cm³/mol. The Kier molecular flexibility index (Phi) is 5.31. The fraction of sp³-hybridized carbons (Fsp3) is 0.625. The molecule has 0 aliphatic heterocycles. The second-order valence-corrected chi connectivity index (χ2v) is 7.19. The SMILES string of the molecule is CCSC1CCC(NCC(C)(O)c2ccccc2)C1. The molecule has 3 heteroatoms. The summed E-state index contributed by atoms with van der Waals surface area (Å²) in [5, 5.41) is 14.9. The normalized spacial score (nSPS) is 26.3. The number of nitrogens with one attached hydrogen (secondary N) is 1. The quantitative estimate of drug-likeness (QED) is 0.839. The molecule has 3 atom stereocenters. The van der Waals surface area contributed by atoms with E-state index in [1.54, 1.807) is 0 Å². The smallest absolute Gasteiger partial charge is 0.0992 e. The van der Waals surface area contributed by atoms with E-state index < -0.39 is 5.60 Å². The number of thioether (sulfide) groups is 1. The average molecular weight is 279 g/mol. The molecule has 19 heavy (non-hydrogen) atoms. The summed E-state index contributed by atoms with van der Waals surface area (Å²) in [5.74, 6) is 1.21. The van der Waals surface area contributed by atoms with Gasteiger partial charge in [-0.05, 0) is 37.5 Å². The number of hydrogen-bond donors (Lipinski definition) is 2. The molecule has 0 amide bonds. The molecule has 2 N–H and O–H groups in total. The van der Waals surface area contributed by atoms with Crippen molar-refractivity contribution in [1.29, 1.82) is 0 Å². The van der Waals surface area contributed by atoms with E-state index in [1.165, 1.54) is 25.0 Å². The molecule has 0 bridgehead atoms. The largest absolute Gasteiger partial charge is 0.384 e. The zero-order valence-electron chi connectivity index (χ0n) is 11.9. The first kappa shape index (κ1) is 14.9. The molecule has 1 aromatic rings. The van der Waals surface area contributed by atoms with E-state index in [2.05, 4.69) is 24.0 Å². The van der Waals surface area contributed by atoms with Crippen LogP contribution in [0.5, 0.6) is 0 Å². The van der Waals surface area contributed by atoms with E-state index >= 15 is 0 Å². The van der Waals surface area contributed by atoms with Crippen LogP contribution in [-0.2, 0) is 5.60 Å². The molecule has 1 aliphatic rings. The Balaban J connectivity index is 1.82. The first-order valence-electron chi connectivity index (χ1n) is 7.24. The summed E-state index contributed by atoms with van der Waals surface area (Å²) in [5.41, 5.74) is 0.206. The lowest BCUT2D eigenvalue weighted by Gasteiger charge is -2.26. The van der Waals surface area contributed by atoms with E-state index in [4.69, 9.17) is 0 Å². The van der Waals surface area contributed by atoms with Crippen LogP contribution in [0.4, 0.5) is 0 Å². The zero-order chi connectivity index (χ0) is 13.7. The van der Waals surface area contributed by atoms with Crippen LogP contribution >= 0.6 is 11.8 Å². The lowest BCUT2D eigenvalue weighted by molar-refractivity contribution is 0.0540. The van der Waals surface area contributed by atoms with Crippen LogP contribution in [0.1, 0.15) is 38.7 Å². The molecule has 0 saturated heterocycles. The molecular formula is C16H25NOS. The van der Waals surface area contributed by atoms with E-state index in [0.717, 1.165) is 10.8 Å². The van der Waals surface area contributed by atoms with Gasteiger partial charge in [0.15, 0.2) is 0 Å². The molecule has 1 fully saturated rings. The van der Waals surface area contributed by atoms with Crippen LogP contribution in [0, 0.1) is 0 Å². The first-order valence-corrected chi connectivity index (χ1v) is 8.29. The molecule has 0 spiro atoms. The third-order valence-corrected chi connectivity index (χ3v) is 5.15. The minimum atomic E-state index is -0.781. The van der Waals surface area contributed by atoms with Crippen molar-refractivity contribution in [2.45, 2.75) is 50.0 Å². The van der Waals surface area contributed by atoms with Gasteiger partial charge in [-0.15, -0.1) is 0 Å². The first-order chi connectivity index (χ1) is 9.12. The summed E-state index contributed by atoms with van der Waals surface area (Å²) in [7, 11) is 0. The maximum absolute atomic E-state index is 10.5. The van der Waals surface area contributed by atoms with Crippen molar-refractivity contribution >= 4 is 11.8 Å². The van der Waals surface area contributed by atoms with Crippen LogP contribution in [0.15, 0.2) is 30.3 Å².